The highest BCUT2D eigenvalue weighted by Crippen LogP contribution is 2.33. The second kappa shape index (κ2) is 10.6. The van der Waals surface area contributed by atoms with Gasteiger partial charge in [0.2, 0.25) is 5.91 Å². The molecule has 166 valence electrons. The van der Waals surface area contributed by atoms with Crippen LogP contribution in [0.15, 0.2) is 29.1 Å². The first-order chi connectivity index (χ1) is 14.9. The summed E-state index contributed by atoms with van der Waals surface area (Å²) in [5, 5.41) is 9.39. The van der Waals surface area contributed by atoms with Crippen molar-refractivity contribution in [3.63, 3.8) is 0 Å². The van der Waals surface area contributed by atoms with Gasteiger partial charge in [0.15, 0.2) is 0 Å². The number of aromatic nitrogens is 2. The molecule has 3 rings (SSSR count). The number of aromatic amines is 1. The van der Waals surface area contributed by atoms with Crippen molar-refractivity contribution in [1.29, 1.82) is 0 Å². The van der Waals surface area contributed by atoms with Crippen molar-refractivity contribution in [1.82, 2.24) is 14.9 Å². The number of nitrogens with one attached hydrogen (secondary N) is 1. The SMILES string of the molecule is CCCCC1c2nc(-c3ccc(Cl)cc3)[nH]c(=O)c2CCN1C(=O)CCCCC(=O)O. The maximum atomic E-state index is 13.0. The molecule has 2 aromatic rings. The number of benzene rings is 1. The highest BCUT2D eigenvalue weighted by molar-refractivity contribution is 6.30. The molecule has 2 N–H and O–H groups in total. The van der Waals surface area contributed by atoms with E-state index in [1.54, 1.807) is 12.1 Å². The molecule has 1 aliphatic rings. The molecule has 0 fully saturated rings. The Labute approximate surface area is 186 Å². The highest BCUT2D eigenvalue weighted by atomic mass is 35.5. The Morgan fingerprint density at radius 2 is 1.90 bits per heavy atom. The van der Waals surface area contributed by atoms with Gasteiger partial charge in [-0.1, -0.05) is 31.4 Å². The number of H-pyrrole nitrogens is 1. The number of nitrogens with zero attached hydrogens (tertiary/aromatic N) is 2. The highest BCUT2D eigenvalue weighted by Gasteiger charge is 2.33. The molecular weight excluding hydrogens is 418 g/mol. The Balaban J connectivity index is 1.88. The van der Waals surface area contributed by atoms with E-state index in [1.165, 1.54) is 0 Å². The number of carbonyl (C=O) groups is 2. The van der Waals surface area contributed by atoms with Crippen molar-refractivity contribution in [2.24, 2.45) is 0 Å². The lowest BCUT2D eigenvalue weighted by Gasteiger charge is -2.36. The largest absolute Gasteiger partial charge is 0.481 e. The van der Waals surface area contributed by atoms with Crippen molar-refractivity contribution >= 4 is 23.5 Å². The topological polar surface area (TPSA) is 103 Å². The van der Waals surface area contributed by atoms with Gasteiger partial charge in [0.1, 0.15) is 5.82 Å². The minimum Gasteiger partial charge on any atom is -0.481 e. The van der Waals surface area contributed by atoms with Gasteiger partial charge < -0.3 is 15.0 Å². The molecule has 0 spiro atoms. The molecule has 1 aromatic carbocycles. The van der Waals surface area contributed by atoms with Gasteiger partial charge in [-0.2, -0.15) is 0 Å². The Hall–Kier alpha value is -2.67. The zero-order chi connectivity index (χ0) is 22.4. The van der Waals surface area contributed by atoms with E-state index < -0.39 is 5.97 Å². The van der Waals surface area contributed by atoms with Crippen molar-refractivity contribution in [3.05, 3.63) is 50.9 Å². The summed E-state index contributed by atoms with van der Waals surface area (Å²) >= 11 is 5.98. The maximum absolute atomic E-state index is 13.0. The number of carbonyl (C=O) groups excluding carboxylic acids is 1. The molecule has 2 heterocycles. The Morgan fingerprint density at radius 1 is 1.19 bits per heavy atom. The van der Waals surface area contributed by atoms with Crippen LogP contribution in [-0.4, -0.2) is 38.4 Å². The zero-order valence-electron chi connectivity index (χ0n) is 17.7. The van der Waals surface area contributed by atoms with Crippen LogP contribution in [0.25, 0.3) is 11.4 Å². The Bertz CT molecular complexity index is 987. The van der Waals surface area contributed by atoms with Gasteiger partial charge in [0.05, 0.1) is 11.7 Å². The Kier molecular flexibility index (Phi) is 7.85. The van der Waals surface area contributed by atoms with E-state index in [2.05, 4.69) is 11.9 Å². The zero-order valence-corrected chi connectivity index (χ0v) is 18.5. The van der Waals surface area contributed by atoms with E-state index in [0.29, 0.717) is 54.3 Å². The van der Waals surface area contributed by atoms with Crippen molar-refractivity contribution in [3.8, 4) is 11.4 Å². The number of fused-ring (bicyclic) bond motifs is 1. The summed E-state index contributed by atoms with van der Waals surface area (Å²) in [7, 11) is 0. The first kappa shape index (κ1) is 23.0. The fraction of sp³-hybridized carbons (Fsp3) is 0.478. The number of hydrogen-bond acceptors (Lipinski definition) is 4. The molecule has 0 radical (unpaired) electrons. The average molecular weight is 446 g/mol. The van der Waals surface area contributed by atoms with Crippen LogP contribution in [0.1, 0.15) is 69.2 Å². The summed E-state index contributed by atoms with van der Waals surface area (Å²) < 4.78 is 0. The second-order valence-electron chi connectivity index (χ2n) is 7.88. The fourth-order valence-corrected chi connectivity index (χ4v) is 4.12. The third kappa shape index (κ3) is 5.73. The van der Waals surface area contributed by atoms with Gasteiger partial charge in [-0.15, -0.1) is 0 Å². The van der Waals surface area contributed by atoms with Crippen LogP contribution < -0.4 is 5.56 Å². The first-order valence-corrected chi connectivity index (χ1v) is 11.2. The minimum atomic E-state index is -0.849. The third-order valence-electron chi connectivity index (χ3n) is 5.64. The molecule has 0 bridgehead atoms. The number of rotatable bonds is 9. The Morgan fingerprint density at radius 3 is 2.58 bits per heavy atom. The van der Waals surface area contributed by atoms with Gasteiger partial charge in [-0.05, 0) is 49.9 Å². The number of hydrogen-bond donors (Lipinski definition) is 2. The molecule has 0 saturated carbocycles. The van der Waals surface area contributed by atoms with Crippen LogP contribution in [0.4, 0.5) is 0 Å². The minimum absolute atomic E-state index is 0.00716. The summed E-state index contributed by atoms with van der Waals surface area (Å²) in [4.78, 5) is 46.0. The smallest absolute Gasteiger partial charge is 0.303 e. The molecule has 8 heteroatoms. The number of carboxylic acid groups (broad SMARTS) is 1. The normalized spacial score (nSPS) is 15.5. The van der Waals surface area contributed by atoms with E-state index in [9.17, 15) is 14.4 Å². The van der Waals surface area contributed by atoms with E-state index in [1.807, 2.05) is 17.0 Å². The van der Waals surface area contributed by atoms with E-state index >= 15 is 0 Å². The van der Waals surface area contributed by atoms with Crippen LogP contribution in [0.2, 0.25) is 5.02 Å². The molecule has 1 amide bonds. The average Bonchev–Trinajstić information content (AvgIpc) is 2.75. The van der Waals surface area contributed by atoms with Gasteiger partial charge >= 0.3 is 5.97 Å². The van der Waals surface area contributed by atoms with Crippen molar-refractivity contribution in [2.45, 2.75) is 64.3 Å². The molecule has 31 heavy (non-hydrogen) atoms. The van der Waals surface area contributed by atoms with Gasteiger partial charge in [-0.3, -0.25) is 14.4 Å². The molecule has 0 aliphatic carbocycles. The van der Waals surface area contributed by atoms with Gasteiger partial charge in [0.25, 0.3) is 5.56 Å². The number of unbranched alkanes of at least 4 members (excludes halogenated alkanes) is 2. The summed E-state index contributed by atoms with van der Waals surface area (Å²) in [6.45, 7) is 2.57. The lowest BCUT2D eigenvalue weighted by atomic mass is 9.93. The molecule has 1 aliphatic heterocycles. The van der Waals surface area contributed by atoms with E-state index in [4.69, 9.17) is 21.7 Å². The lowest BCUT2D eigenvalue weighted by molar-refractivity contribution is -0.138. The summed E-state index contributed by atoms with van der Waals surface area (Å²) in [6, 6.07) is 6.87. The number of amides is 1. The monoisotopic (exact) mass is 445 g/mol. The van der Waals surface area contributed by atoms with Gasteiger partial charge in [0, 0.05) is 35.5 Å². The second-order valence-corrected chi connectivity index (χ2v) is 8.32. The maximum Gasteiger partial charge on any atom is 0.303 e. The van der Waals surface area contributed by atoms with Crippen molar-refractivity contribution in [2.75, 3.05) is 6.54 Å². The van der Waals surface area contributed by atoms with E-state index in [-0.39, 0.29) is 23.9 Å². The first-order valence-electron chi connectivity index (χ1n) is 10.8. The summed E-state index contributed by atoms with van der Waals surface area (Å²) in [5.41, 5.74) is 1.92. The van der Waals surface area contributed by atoms with Crippen LogP contribution in [0.3, 0.4) is 0 Å². The van der Waals surface area contributed by atoms with Crippen LogP contribution in [-0.2, 0) is 16.0 Å². The number of halogens is 1. The quantitative estimate of drug-likeness (QED) is 0.558. The standard InChI is InChI=1S/C23H28ClN3O4/c1-2-3-6-18-21-17(13-14-27(18)19(28)7-4-5-8-20(29)30)23(31)26-22(25-21)15-9-11-16(24)12-10-15/h9-12,18H,2-8,13-14H2,1H3,(H,29,30)(H,25,26,31). The molecule has 1 atom stereocenters. The predicted molar refractivity (Wildman–Crippen MR) is 119 cm³/mol. The molecular formula is C23H28ClN3O4. The lowest BCUT2D eigenvalue weighted by Crippen LogP contribution is -2.43. The predicted octanol–water partition coefficient (Wildman–Crippen LogP) is 4.35. The van der Waals surface area contributed by atoms with Crippen molar-refractivity contribution < 1.29 is 14.7 Å². The van der Waals surface area contributed by atoms with Crippen LogP contribution in [0, 0.1) is 0 Å². The molecule has 7 nitrogen and oxygen atoms in total. The molecule has 0 saturated heterocycles. The van der Waals surface area contributed by atoms with E-state index in [0.717, 1.165) is 24.8 Å². The molecule has 1 unspecified atom stereocenters. The third-order valence-corrected chi connectivity index (χ3v) is 5.89. The summed E-state index contributed by atoms with van der Waals surface area (Å²) in [5.74, 6) is -0.386. The van der Waals surface area contributed by atoms with Gasteiger partial charge in [-0.25, -0.2) is 4.98 Å². The number of aliphatic carboxylic acids is 1. The van der Waals surface area contributed by atoms with Crippen LogP contribution >= 0.6 is 11.6 Å². The fourth-order valence-electron chi connectivity index (χ4n) is 4.00. The summed E-state index contributed by atoms with van der Waals surface area (Å²) in [6.07, 6.45) is 4.47. The molecule has 1 aromatic heterocycles. The number of carboxylic acids is 1. The van der Waals surface area contributed by atoms with Crippen LogP contribution in [0.5, 0.6) is 0 Å².